The third-order valence-electron chi connectivity index (χ3n) is 3.62. The fourth-order valence-corrected chi connectivity index (χ4v) is 2.60. The van der Waals surface area contributed by atoms with Crippen LogP contribution in [0.15, 0.2) is 12.1 Å². The van der Waals surface area contributed by atoms with Crippen LogP contribution in [-0.4, -0.2) is 31.4 Å². The minimum Gasteiger partial charge on any atom is -0.495 e. The van der Waals surface area contributed by atoms with Crippen LogP contribution in [0.2, 0.25) is 0 Å². The van der Waals surface area contributed by atoms with Crippen LogP contribution in [0.3, 0.4) is 0 Å². The van der Waals surface area contributed by atoms with E-state index in [4.69, 9.17) is 15.6 Å². The van der Waals surface area contributed by atoms with Crippen molar-refractivity contribution in [1.29, 1.82) is 0 Å². The number of fused-ring (bicyclic) bond motifs is 1. The molecule has 1 aromatic rings. The van der Waals surface area contributed by atoms with Crippen LogP contribution < -0.4 is 15.8 Å². The minimum atomic E-state index is 0.199. The van der Waals surface area contributed by atoms with E-state index in [0.717, 1.165) is 37.1 Å². The Kier molecular flexibility index (Phi) is 4.44. The van der Waals surface area contributed by atoms with Crippen LogP contribution in [0, 0.1) is 0 Å². The molecule has 4 nitrogen and oxygen atoms in total. The number of methoxy groups -OCH3 is 1. The first-order valence-electron chi connectivity index (χ1n) is 6.54. The molecule has 1 aliphatic rings. The maximum absolute atomic E-state index is 8.85. The van der Waals surface area contributed by atoms with E-state index in [1.807, 2.05) is 6.07 Å². The van der Waals surface area contributed by atoms with Crippen molar-refractivity contribution < 1.29 is 9.84 Å². The molecule has 1 aliphatic carbocycles. The number of nitrogens with one attached hydrogen (secondary N) is 1. The highest BCUT2D eigenvalue weighted by Gasteiger charge is 2.17. The van der Waals surface area contributed by atoms with E-state index in [9.17, 15) is 0 Å². The molecule has 18 heavy (non-hydrogen) atoms. The molecule has 1 atom stereocenters. The van der Waals surface area contributed by atoms with Gasteiger partial charge in [0.1, 0.15) is 5.75 Å². The van der Waals surface area contributed by atoms with Gasteiger partial charge in [-0.15, -0.1) is 0 Å². The number of hydrogen-bond acceptors (Lipinski definition) is 4. The molecule has 4 N–H and O–H groups in total. The number of nitrogen functional groups attached to an aromatic ring is 1. The van der Waals surface area contributed by atoms with Crippen molar-refractivity contribution in [1.82, 2.24) is 5.32 Å². The lowest BCUT2D eigenvalue weighted by molar-refractivity contribution is 0.280. The van der Waals surface area contributed by atoms with Gasteiger partial charge in [0.15, 0.2) is 0 Å². The number of rotatable bonds is 4. The second-order valence-corrected chi connectivity index (χ2v) is 4.81. The average molecular weight is 250 g/mol. The summed E-state index contributed by atoms with van der Waals surface area (Å²) in [7, 11) is 1.65. The normalized spacial score (nSPS) is 19.1. The maximum atomic E-state index is 8.85. The first-order valence-corrected chi connectivity index (χ1v) is 6.54. The van der Waals surface area contributed by atoms with Crippen molar-refractivity contribution in [2.24, 2.45) is 0 Å². The standard InChI is InChI=1S/C14H22N2O2/c1-18-14-9-11-3-5-12(16-6-7-17)4-2-10(11)8-13(14)15/h8-9,12,16-17H,2-7,15H2,1H3. The Hall–Kier alpha value is -1.26. The van der Waals surface area contributed by atoms with E-state index in [0.29, 0.717) is 12.6 Å². The molecule has 0 saturated carbocycles. The molecule has 0 bridgehead atoms. The average Bonchev–Trinajstić information content (AvgIpc) is 2.57. The van der Waals surface area contributed by atoms with Gasteiger partial charge in [-0.1, -0.05) is 0 Å². The molecule has 1 aromatic carbocycles. The quantitative estimate of drug-likeness (QED) is 0.553. The summed E-state index contributed by atoms with van der Waals surface area (Å²) >= 11 is 0. The number of anilines is 1. The van der Waals surface area contributed by atoms with Gasteiger partial charge in [-0.2, -0.15) is 0 Å². The van der Waals surface area contributed by atoms with Crippen molar-refractivity contribution in [3.8, 4) is 5.75 Å². The fourth-order valence-electron chi connectivity index (χ4n) is 2.60. The first-order chi connectivity index (χ1) is 8.74. The maximum Gasteiger partial charge on any atom is 0.142 e. The van der Waals surface area contributed by atoms with Crippen LogP contribution >= 0.6 is 0 Å². The molecule has 0 spiro atoms. The van der Waals surface area contributed by atoms with Gasteiger partial charge in [0, 0.05) is 12.6 Å². The third-order valence-corrected chi connectivity index (χ3v) is 3.62. The van der Waals surface area contributed by atoms with Crippen LogP contribution in [0.25, 0.3) is 0 Å². The summed E-state index contributed by atoms with van der Waals surface area (Å²) in [6.45, 7) is 0.872. The monoisotopic (exact) mass is 250 g/mol. The molecule has 2 rings (SSSR count). The van der Waals surface area contributed by atoms with E-state index < -0.39 is 0 Å². The SMILES string of the molecule is COc1cc2c(cc1N)CCC(NCCO)CC2. The summed E-state index contributed by atoms with van der Waals surface area (Å²) in [4.78, 5) is 0. The molecular formula is C14H22N2O2. The lowest BCUT2D eigenvalue weighted by atomic mass is 10.0. The highest BCUT2D eigenvalue weighted by atomic mass is 16.5. The summed E-state index contributed by atoms with van der Waals surface area (Å²) in [5.41, 5.74) is 9.34. The van der Waals surface area contributed by atoms with E-state index in [-0.39, 0.29) is 6.61 Å². The number of aliphatic hydroxyl groups excluding tert-OH is 1. The van der Waals surface area contributed by atoms with E-state index >= 15 is 0 Å². The number of hydrogen-bond donors (Lipinski definition) is 3. The lowest BCUT2D eigenvalue weighted by Crippen LogP contribution is -2.31. The van der Waals surface area contributed by atoms with E-state index in [2.05, 4.69) is 11.4 Å². The number of aryl methyl sites for hydroxylation is 2. The van der Waals surface area contributed by atoms with Gasteiger partial charge in [-0.05, 0) is 48.9 Å². The zero-order valence-electron chi connectivity index (χ0n) is 10.9. The molecule has 0 saturated heterocycles. The summed E-state index contributed by atoms with van der Waals surface area (Å²) < 4.78 is 5.27. The Bertz CT molecular complexity index is 407. The highest BCUT2D eigenvalue weighted by molar-refractivity contribution is 5.57. The van der Waals surface area contributed by atoms with Gasteiger partial charge in [0.05, 0.1) is 19.4 Å². The Balaban J connectivity index is 2.10. The molecule has 0 radical (unpaired) electrons. The van der Waals surface area contributed by atoms with Crippen LogP contribution in [0.5, 0.6) is 5.75 Å². The number of ether oxygens (including phenoxy) is 1. The smallest absolute Gasteiger partial charge is 0.142 e. The summed E-state index contributed by atoms with van der Waals surface area (Å²) in [6.07, 6.45) is 4.26. The predicted octanol–water partition coefficient (Wildman–Crippen LogP) is 1.11. The Morgan fingerprint density at radius 3 is 2.61 bits per heavy atom. The van der Waals surface area contributed by atoms with Crippen LogP contribution in [0.1, 0.15) is 24.0 Å². The molecule has 0 aromatic heterocycles. The summed E-state index contributed by atoms with van der Waals surface area (Å²) in [5, 5.41) is 12.2. The predicted molar refractivity (Wildman–Crippen MR) is 72.9 cm³/mol. The molecule has 100 valence electrons. The first kappa shape index (κ1) is 13.2. The minimum absolute atomic E-state index is 0.199. The lowest BCUT2D eigenvalue weighted by Gasteiger charge is -2.14. The molecule has 0 heterocycles. The molecule has 4 heteroatoms. The van der Waals surface area contributed by atoms with Gasteiger partial charge < -0.3 is 20.9 Å². The molecule has 0 amide bonds. The van der Waals surface area contributed by atoms with E-state index in [1.54, 1.807) is 7.11 Å². The van der Waals surface area contributed by atoms with Crippen molar-refractivity contribution in [2.75, 3.05) is 26.0 Å². The highest BCUT2D eigenvalue weighted by Crippen LogP contribution is 2.30. The fraction of sp³-hybridized carbons (Fsp3) is 0.571. The molecule has 0 aliphatic heterocycles. The third kappa shape index (κ3) is 2.94. The second-order valence-electron chi connectivity index (χ2n) is 4.81. The molecule has 0 fully saturated rings. The Labute approximate surface area is 108 Å². The zero-order chi connectivity index (χ0) is 13.0. The largest absolute Gasteiger partial charge is 0.495 e. The molecule has 1 unspecified atom stereocenters. The van der Waals surface area contributed by atoms with Gasteiger partial charge in [0.2, 0.25) is 0 Å². The molecular weight excluding hydrogens is 228 g/mol. The summed E-state index contributed by atoms with van der Waals surface area (Å²) in [6, 6.07) is 4.60. The number of nitrogens with two attached hydrogens (primary N) is 1. The van der Waals surface area contributed by atoms with Crippen LogP contribution in [0.4, 0.5) is 5.69 Å². The topological polar surface area (TPSA) is 67.5 Å². The summed E-state index contributed by atoms with van der Waals surface area (Å²) in [5.74, 6) is 0.774. The van der Waals surface area contributed by atoms with Crippen LogP contribution in [-0.2, 0) is 12.8 Å². The zero-order valence-corrected chi connectivity index (χ0v) is 10.9. The van der Waals surface area contributed by atoms with Gasteiger partial charge in [-0.3, -0.25) is 0 Å². The van der Waals surface area contributed by atoms with Gasteiger partial charge >= 0.3 is 0 Å². The van der Waals surface area contributed by atoms with Crippen molar-refractivity contribution in [2.45, 2.75) is 31.7 Å². The van der Waals surface area contributed by atoms with Gasteiger partial charge in [-0.25, -0.2) is 0 Å². The van der Waals surface area contributed by atoms with Crippen molar-refractivity contribution >= 4 is 5.69 Å². The van der Waals surface area contributed by atoms with Crippen molar-refractivity contribution in [3.63, 3.8) is 0 Å². The Morgan fingerprint density at radius 1 is 1.33 bits per heavy atom. The Morgan fingerprint density at radius 2 is 2.00 bits per heavy atom. The van der Waals surface area contributed by atoms with E-state index in [1.165, 1.54) is 11.1 Å². The van der Waals surface area contributed by atoms with Gasteiger partial charge in [0.25, 0.3) is 0 Å². The second kappa shape index (κ2) is 6.07. The number of benzene rings is 1. The number of aliphatic hydroxyl groups is 1. The van der Waals surface area contributed by atoms with Crippen molar-refractivity contribution in [3.05, 3.63) is 23.3 Å².